The Morgan fingerprint density at radius 3 is 2.65 bits per heavy atom. The van der Waals surface area contributed by atoms with Crippen LogP contribution in [0.15, 0.2) is 67.0 Å². The average Bonchev–Trinajstić information content (AvgIpc) is 2.84. The SMILES string of the molecule is CC(=O)NCCc1ccccc1-c1ccc(C2CN(C(=O)O)CCC2c2cccnc2)c(C)c1. The van der Waals surface area contributed by atoms with Crippen LogP contribution in [0.25, 0.3) is 11.1 Å². The Morgan fingerprint density at radius 2 is 1.94 bits per heavy atom. The lowest BCUT2D eigenvalue weighted by Crippen LogP contribution is -2.41. The Balaban J connectivity index is 1.65. The second-order valence-electron chi connectivity index (χ2n) is 8.98. The van der Waals surface area contributed by atoms with E-state index in [1.165, 1.54) is 23.0 Å². The van der Waals surface area contributed by atoms with Gasteiger partial charge in [-0.05, 0) is 65.1 Å². The van der Waals surface area contributed by atoms with E-state index in [1.54, 1.807) is 6.20 Å². The van der Waals surface area contributed by atoms with Crippen LogP contribution < -0.4 is 5.32 Å². The summed E-state index contributed by atoms with van der Waals surface area (Å²) >= 11 is 0. The highest BCUT2D eigenvalue weighted by molar-refractivity contribution is 5.73. The molecular weight excluding hydrogens is 426 g/mol. The van der Waals surface area contributed by atoms with Crippen LogP contribution in [0.3, 0.4) is 0 Å². The van der Waals surface area contributed by atoms with Gasteiger partial charge in [-0.3, -0.25) is 9.78 Å². The van der Waals surface area contributed by atoms with E-state index in [9.17, 15) is 14.7 Å². The fourth-order valence-corrected chi connectivity index (χ4v) is 5.09. The lowest BCUT2D eigenvalue weighted by molar-refractivity contribution is -0.118. The topological polar surface area (TPSA) is 82.5 Å². The van der Waals surface area contributed by atoms with Crippen LogP contribution in [0.2, 0.25) is 0 Å². The number of carboxylic acid groups (broad SMARTS) is 1. The molecule has 2 N–H and O–H groups in total. The van der Waals surface area contributed by atoms with Crippen molar-refractivity contribution in [2.45, 2.75) is 38.5 Å². The van der Waals surface area contributed by atoms with Gasteiger partial charge in [0.05, 0.1) is 0 Å². The summed E-state index contributed by atoms with van der Waals surface area (Å²) in [7, 11) is 0. The monoisotopic (exact) mass is 457 g/mol. The number of aryl methyl sites for hydroxylation is 1. The fourth-order valence-electron chi connectivity index (χ4n) is 5.09. The summed E-state index contributed by atoms with van der Waals surface area (Å²) in [6.07, 6.45) is 4.35. The predicted octanol–water partition coefficient (Wildman–Crippen LogP) is 4.99. The van der Waals surface area contributed by atoms with Crippen molar-refractivity contribution >= 4 is 12.0 Å². The summed E-state index contributed by atoms with van der Waals surface area (Å²) < 4.78 is 0. The van der Waals surface area contributed by atoms with Crippen LogP contribution in [-0.2, 0) is 11.2 Å². The van der Waals surface area contributed by atoms with E-state index in [0.717, 1.165) is 35.1 Å². The Kier molecular flexibility index (Phi) is 7.26. The summed E-state index contributed by atoms with van der Waals surface area (Å²) in [5.41, 5.74) is 6.96. The van der Waals surface area contributed by atoms with Crippen molar-refractivity contribution in [2.75, 3.05) is 19.6 Å². The van der Waals surface area contributed by atoms with Gasteiger partial charge in [0.1, 0.15) is 0 Å². The average molecular weight is 458 g/mol. The number of rotatable bonds is 6. The van der Waals surface area contributed by atoms with Gasteiger partial charge >= 0.3 is 6.09 Å². The Labute approximate surface area is 200 Å². The van der Waals surface area contributed by atoms with E-state index in [4.69, 9.17) is 0 Å². The van der Waals surface area contributed by atoms with Crippen molar-refractivity contribution in [3.8, 4) is 11.1 Å². The summed E-state index contributed by atoms with van der Waals surface area (Å²) in [5.74, 6) is 0.264. The van der Waals surface area contributed by atoms with E-state index in [2.05, 4.69) is 53.6 Å². The zero-order chi connectivity index (χ0) is 24.1. The molecule has 2 unspecified atom stereocenters. The van der Waals surface area contributed by atoms with Crippen LogP contribution >= 0.6 is 0 Å². The van der Waals surface area contributed by atoms with Crippen molar-refractivity contribution in [1.82, 2.24) is 15.2 Å². The number of benzene rings is 2. The van der Waals surface area contributed by atoms with Crippen molar-refractivity contribution in [3.05, 3.63) is 89.2 Å². The van der Waals surface area contributed by atoms with Gasteiger partial charge in [0.2, 0.25) is 5.91 Å². The fraction of sp³-hybridized carbons (Fsp3) is 0.321. The zero-order valence-corrected chi connectivity index (χ0v) is 19.7. The van der Waals surface area contributed by atoms with E-state index < -0.39 is 6.09 Å². The number of piperidine rings is 1. The number of likely N-dealkylation sites (tertiary alicyclic amines) is 1. The maximum atomic E-state index is 11.8. The number of pyridine rings is 1. The molecule has 1 aliphatic rings. The van der Waals surface area contributed by atoms with Crippen LogP contribution in [0.5, 0.6) is 0 Å². The van der Waals surface area contributed by atoms with Gasteiger partial charge in [-0.2, -0.15) is 0 Å². The summed E-state index contributed by atoms with van der Waals surface area (Å²) in [6, 6.07) is 18.8. The maximum Gasteiger partial charge on any atom is 0.407 e. The van der Waals surface area contributed by atoms with Gasteiger partial charge in [-0.15, -0.1) is 0 Å². The first kappa shape index (κ1) is 23.5. The second kappa shape index (κ2) is 10.5. The first-order chi connectivity index (χ1) is 16.4. The molecule has 0 bridgehead atoms. The van der Waals surface area contributed by atoms with Crippen LogP contribution in [0, 0.1) is 6.92 Å². The van der Waals surface area contributed by atoms with Crippen LogP contribution in [-0.4, -0.2) is 46.6 Å². The summed E-state index contributed by atoms with van der Waals surface area (Å²) in [6.45, 7) is 5.25. The van der Waals surface area contributed by atoms with E-state index in [-0.39, 0.29) is 17.7 Å². The highest BCUT2D eigenvalue weighted by Gasteiger charge is 2.34. The van der Waals surface area contributed by atoms with Gasteiger partial charge in [0.15, 0.2) is 0 Å². The van der Waals surface area contributed by atoms with E-state index in [1.807, 2.05) is 24.4 Å². The van der Waals surface area contributed by atoms with Crippen LogP contribution in [0.4, 0.5) is 4.79 Å². The van der Waals surface area contributed by atoms with Crippen molar-refractivity contribution in [3.63, 3.8) is 0 Å². The number of aromatic nitrogens is 1. The Bertz CT molecular complexity index is 1160. The standard InChI is InChI=1S/C28H31N3O3/c1-19-16-22(25-8-4-3-6-21(25)11-14-30-20(2)32)9-10-24(19)27-18-31(28(33)34)15-12-26(27)23-7-5-13-29-17-23/h3-10,13,16-17,26-27H,11-12,14-15,18H2,1-2H3,(H,30,32)(H,33,34). The highest BCUT2D eigenvalue weighted by Crippen LogP contribution is 2.41. The number of nitrogens with one attached hydrogen (secondary N) is 1. The maximum absolute atomic E-state index is 11.8. The Morgan fingerprint density at radius 1 is 1.12 bits per heavy atom. The molecule has 2 aromatic carbocycles. The lowest BCUT2D eigenvalue weighted by atomic mass is 9.75. The number of carbonyl (C=O) groups excluding carboxylic acids is 1. The third kappa shape index (κ3) is 5.28. The second-order valence-corrected chi connectivity index (χ2v) is 8.98. The third-order valence-electron chi connectivity index (χ3n) is 6.76. The van der Waals surface area contributed by atoms with E-state index in [0.29, 0.717) is 19.6 Å². The number of carbonyl (C=O) groups is 2. The molecule has 1 fully saturated rings. The number of hydrogen-bond acceptors (Lipinski definition) is 3. The molecule has 0 radical (unpaired) electrons. The first-order valence-corrected chi connectivity index (χ1v) is 11.7. The highest BCUT2D eigenvalue weighted by atomic mass is 16.4. The minimum Gasteiger partial charge on any atom is -0.465 e. The molecule has 2 atom stereocenters. The molecular formula is C28H31N3O3. The minimum absolute atomic E-state index is 0.0243. The molecule has 6 nitrogen and oxygen atoms in total. The van der Waals surface area contributed by atoms with E-state index >= 15 is 0 Å². The number of nitrogens with zero attached hydrogens (tertiary/aromatic N) is 2. The molecule has 0 saturated carbocycles. The zero-order valence-electron chi connectivity index (χ0n) is 19.7. The smallest absolute Gasteiger partial charge is 0.407 e. The summed E-state index contributed by atoms with van der Waals surface area (Å²) in [5, 5.41) is 12.5. The molecule has 6 heteroatoms. The van der Waals surface area contributed by atoms with Gasteiger partial charge in [-0.1, -0.05) is 48.5 Å². The van der Waals surface area contributed by atoms with Crippen molar-refractivity contribution in [2.24, 2.45) is 0 Å². The molecule has 1 saturated heterocycles. The molecule has 1 aliphatic heterocycles. The predicted molar refractivity (Wildman–Crippen MR) is 133 cm³/mol. The van der Waals surface area contributed by atoms with Gasteiger partial charge in [0, 0.05) is 44.9 Å². The molecule has 176 valence electrons. The normalized spacial score (nSPS) is 17.9. The van der Waals surface area contributed by atoms with Crippen molar-refractivity contribution < 1.29 is 14.7 Å². The molecule has 34 heavy (non-hydrogen) atoms. The third-order valence-corrected chi connectivity index (χ3v) is 6.76. The quantitative estimate of drug-likeness (QED) is 0.547. The summed E-state index contributed by atoms with van der Waals surface area (Å²) in [4.78, 5) is 28.8. The number of hydrogen-bond donors (Lipinski definition) is 2. The lowest BCUT2D eigenvalue weighted by Gasteiger charge is -2.38. The Hall–Kier alpha value is -3.67. The largest absolute Gasteiger partial charge is 0.465 e. The molecule has 0 spiro atoms. The minimum atomic E-state index is -0.864. The molecule has 4 rings (SSSR count). The van der Waals surface area contributed by atoms with Gasteiger partial charge in [-0.25, -0.2) is 4.79 Å². The van der Waals surface area contributed by atoms with Gasteiger partial charge in [0.25, 0.3) is 0 Å². The molecule has 2 heterocycles. The molecule has 3 aromatic rings. The van der Waals surface area contributed by atoms with Crippen molar-refractivity contribution in [1.29, 1.82) is 0 Å². The first-order valence-electron chi connectivity index (χ1n) is 11.7. The van der Waals surface area contributed by atoms with Gasteiger partial charge < -0.3 is 15.3 Å². The molecule has 1 aromatic heterocycles. The molecule has 2 amide bonds. The number of amides is 2. The van der Waals surface area contributed by atoms with Crippen LogP contribution in [0.1, 0.15) is 47.4 Å². The molecule has 0 aliphatic carbocycles.